The van der Waals surface area contributed by atoms with Crippen molar-refractivity contribution < 1.29 is 9.90 Å². The van der Waals surface area contributed by atoms with E-state index in [4.69, 9.17) is 5.11 Å². The predicted octanol–water partition coefficient (Wildman–Crippen LogP) is 1.83. The maximum Gasteiger partial charge on any atom is 0.405 e. The molecule has 0 spiro atoms. The Morgan fingerprint density at radius 3 is 2.68 bits per heavy atom. The highest BCUT2D eigenvalue weighted by Crippen LogP contribution is 2.17. The highest BCUT2D eigenvalue weighted by Gasteiger charge is 2.26. The van der Waals surface area contributed by atoms with Crippen molar-refractivity contribution in [1.82, 2.24) is 20.3 Å². The largest absolute Gasteiger partial charge is 0.465 e. The van der Waals surface area contributed by atoms with Gasteiger partial charge in [0.25, 0.3) is 0 Å². The highest BCUT2D eigenvalue weighted by molar-refractivity contribution is 5.65. The molecule has 19 heavy (non-hydrogen) atoms. The molecule has 0 unspecified atom stereocenters. The van der Waals surface area contributed by atoms with Gasteiger partial charge in [0.05, 0.1) is 18.3 Å². The molecule has 1 amide bonds. The first-order chi connectivity index (χ1) is 8.97. The topological polar surface area (TPSA) is 80.0 Å². The lowest BCUT2D eigenvalue weighted by Crippen LogP contribution is -2.40. The molecule has 6 heteroatoms. The van der Waals surface area contributed by atoms with Gasteiger partial charge in [0.2, 0.25) is 0 Å². The van der Waals surface area contributed by atoms with E-state index >= 15 is 0 Å². The Labute approximate surface area is 111 Å². The molecule has 6 nitrogen and oxygen atoms in total. The third kappa shape index (κ3) is 3.31. The fourth-order valence-corrected chi connectivity index (χ4v) is 1.76. The van der Waals surface area contributed by atoms with Gasteiger partial charge in [0.1, 0.15) is 5.69 Å². The molecule has 0 aliphatic heterocycles. The molecule has 0 fully saturated rings. The van der Waals surface area contributed by atoms with Crippen molar-refractivity contribution in [1.29, 1.82) is 0 Å². The lowest BCUT2D eigenvalue weighted by molar-refractivity contribution is 0.181. The van der Waals surface area contributed by atoms with E-state index in [1.165, 1.54) is 0 Å². The van der Waals surface area contributed by atoms with Crippen LogP contribution in [0.5, 0.6) is 0 Å². The van der Waals surface area contributed by atoms with E-state index in [2.05, 4.69) is 15.6 Å². The third-order valence-corrected chi connectivity index (χ3v) is 2.79. The maximum atomic E-state index is 10.7. The Morgan fingerprint density at radius 1 is 1.37 bits per heavy atom. The summed E-state index contributed by atoms with van der Waals surface area (Å²) in [7, 11) is 0. The number of aromatic nitrogens is 3. The summed E-state index contributed by atoms with van der Waals surface area (Å²) in [5.74, 6) is 0. The van der Waals surface area contributed by atoms with Crippen LogP contribution < -0.4 is 5.32 Å². The number of hydrogen-bond donors (Lipinski definition) is 2. The van der Waals surface area contributed by atoms with E-state index in [0.717, 1.165) is 5.56 Å². The number of rotatable bonds is 4. The molecule has 0 aliphatic rings. The molecule has 0 aliphatic carbocycles. The fraction of sp³-hybridized carbons (Fsp3) is 0.308. The lowest BCUT2D eigenvalue weighted by Gasteiger charge is -2.21. The molecule has 1 aromatic carbocycles. The molecule has 1 heterocycles. The quantitative estimate of drug-likeness (QED) is 0.878. The molecule has 1 aromatic heterocycles. The van der Waals surface area contributed by atoms with E-state index in [-0.39, 0.29) is 0 Å². The smallest absolute Gasteiger partial charge is 0.405 e. The van der Waals surface area contributed by atoms with Crippen LogP contribution in [0, 0.1) is 0 Å². The number of carbonyl (C=O) groups is 1. The van der Waals surface area contributed by atoms with Gasteiger partial charge in [-0.25, -0.2) is 9.48 Å². The average molecular weight is 260 g/mol. The average Bonchev–Trinajstić information content (AvgIpc) is 2.78. The summed E-state index contributed by atoms with van der Waals surface area (Å²) in [5.41, 5.74) is 0.939. The van der Waals surface area contributed by atoms with Crippen LogP contribution in [0.2, 0.25) is 0 Å². The molecule has 0 bridgehead atoms. The van der Waals surface area contributed by atoms with E-state index in [1.54, 1.807) is 24.7 Å². The first kappa shape index (κ1) is 13.1. The molecule has 100 valence electrons. The van der Waals surface area contributed by atoms with Gasteiger partial charge < -0.3 is 10.4 Å². The molecule has 0 saturated heterocycles. The Morgan fingerprint density at radius 2 is 2.05 bits per heavy atom. The molecule has 0 saturated carbocycles. The summed E-state index contributed by atoms with van der Waals surface area (Å²) in [5, 5.41) is 19.2. The number of carboxylic acid groups (broad SMARTS) is 1. The Bertz CT molecular complexity index is 563. The second-order valence-electron chi connectivity index (χ2n) is 4.84. The summed E-state index contributed by atoms with van der Waals surface area (Å²) in [6.45, 7) is 4.10. The van der Waals surface area contributed by atoms with Crippen LogP contribution in [0.25, 0.3) is 0 Å². The number of nitrogens with zero attached hydrogens (tertiary/aromatic N) is 3. The summed E-state index contributed by atoms with van der Waals surface area (Å²) in [6, 6.07) is 9.88. The van der Waals surface area contributed by atoms with Crippen molar-refractivity contribution in [2.24, 2.45) is 0 Å². The van der Waals surface area contributed by atoms with Gasteiger partial charge in [-0.1, -0.05) is 35.5 Å². The summed E-state index contributed by atoms with van der Waals surface area (Å²) < 4.78 is 1.69. The summed E-state index contributed by atoms with van der Waals surface area (Å²) >= 11 is 0. The van der Waals surface area contributed by atoms with E-state index in [0.29, 0.717) is 12.2 Å². The second-order valence-corrected chi connectivity index (χ2v) is 4.84. The van der Waals surface area contributed by atoms with Crippen LogP contribution in [-0.2, 0) is 12.1 Å². The summed E-state index contributed by atoms with van der Waals surface area (Å²) in [4.78, 5) is 10.7. The van der Waals surface area contributed by atoms with Gasteiger partial charge in [-0.3, -0.25) is 0 Å². The van der Waals surface area contributed by atoms with Crippen molar-refractivity contribution in [3.8, 4) is 0 Å². The van der Waals surface area contributed by atoms with Crippen LogP contribution in [-0.4, -0.2) is 26.2 Å². The zero-order valence-electron chi connectivity index (χ0n) is 10.9. The molecule has 2 rings (SSSR count). The standard InChI is InChI=1S/C13H16N4O2/c1-13(2,14-12(18)19)11-9-17(16-15-11)8-10-6-4-3-5-7-10/h3-7,9,14H,8H2,1-2H3,(H,18,19). The first-order valence-corrected chi connectivity index (χ1v) is 5.93. The summed E-state index contributed by atoms with van der Waals surface area (Å²) in [6.07, 6.45) is 0.672. The molecule has 0 atom stereocenters. The van der Waals surface area contributed by atoms with E-state index in [1.807, 2.05) is 30.3 Å². The second kappa shape index (κ2) is 5.09. The van der Waals surface area contributed by atoms with E-state index < -0.39 is 11.6 Å². The van der Waals surface area contributed by atoms with Crippen LogP contribution >= 0.6 is 0 Å². The molecule has 0 radical (unpaired) electrons. The van der Waals surface area contributed by atoms with Crippen molar-refractivity contribution >= 4 is 6.09 Å². The third-order valence-electron chi connectivity index (χ3n) is 2.79. The van der Waals surface area contributed by atoms with Crippen molar-refractivity contribution in [3.63, 3.8) is 0 Å². The molecule has 2 aromatic rings. The first-order valence-electron chi connectivity index (χ1n) is 5.93. The maximum absolute atomic E-state index is 10.7. The predicted molar refractivity (Wildman–Crippen MR) is 69.8 cm³/mol. The molecular formula is C13H16N4O2. The minimum Gasteiger partial charge on any atom is -0.465 e. The minimum atomic E-state index is -1.08. The van der Waals surface area contributed by atoms with Gasteiger partial charge in [0, 0.05) is 0 Å². The Kier molecular flexibility index (Phi) is 3.50. The fourth-order valence-electron chi connectivity index (χ4n) is 1.76. The zero-order valence-corrected chi connectivity index (χ0v) is 10.9. The highest BCUT2D eigenvalue weighted by atomic mass is 16.4. The van der Waals surface area contributed by atoms with Crippen LogP contribution in [0.4, 0.5) is 4.79 Å². The SMILES string of the molecule is CC(C)(NC(=O)O)c1cn(Cc2ccccc2)nn1. The zero-order chi connectivity index (χ0) is 13.9. The van der Waals surface area contributed by atoms with Gasteiger partial charge >= 0.3 is 6.09 Å². The van der Waals surface area contributed by atoms with Gasteiger partial charge in [-0.05, 0) is 19.4 Å². The monoisotopic (exact) mass is 260 g/mol. The van der Waals surface area contributed by atoms with Gasteiger partial charge in [0.15, 0.2) is 0 Å². The van der Waals surface area contributed by atoms with Crippen molar-refractivity contribution in [3.05, 3.63) is 47.8 Å². The van der Waals surface area contributed by atoms with Crippen molar-refractivity contribution in [2.45, 2.75) is 25.9 Å². The number of hydrogen-bond acceptors (Lipinski definition) is 3. The van der Waals surface area contributed by atoms with Crippen LogP contribution in [0.1, 0.15) is 25.1 Å². The Hall–Kier alpha value is -2.37. The van der Waals surface area contributed by atoms with Crippen molar-refractivity contribution in [2.75, 3.05) is 0 Å². The minimum absolute atomic E-state index is 0.589. The number of amides is 1. The van der Waals surface area contributed by atoms with Gasteiger partial charge in [-0.2, -0.15) is 0 Å². The Balaban J connectivity index is 2.13. The number of nitrogens with one attached hydrogen (secondary N) is 1. The molecule has 2 N–H and O–H groups in total. The van der Waals surface area contributed by atoms with Gasteiger partial charge in [-0.15, -0.1) is 5.10 Å². The van der Waals surface area contributed by atoms with E-state index in [9.17, 15) is 4.79 Å². The molecular weight excluding hydrogens is 244 g/mol. The number of benzene rings is 1. The van der Waals surface area contributed by atoms with Crippen LogP contribution in [0.3, 0.4) is 0 Å². The lowest BCUT2D eigenvalue weighted by atomic mass is 10.0. The normalized spacial score (nSPS) is 11.3. The van der Waals surface area contributed by atoms with Crippen LogP contribution in [0.15, 0.2) is 36.5 Å².